The smallest absolute Gasteiger partial charge is 0.204 e. The van der Waals surface area contributed by atoms with Gasteiger partial charge in [-0.25, -0.2) is 9.97 Å². The van der Waals surface area contributed by atoms with Gasteiger partial charge in [-0.1, -0.05) is 35.5 Å². The zero-order chi connectivity index (χ0) is 16.4. The molecule has 0 aliphatic carbocycles. The molecule has 0 amide bonds. The maximum absolute atomic E-state index is 5.21. The Hall–Kier alpha value is -2.73. The van der Waals surface area contributed by atoms with Crippen LogP contribution in [0.1, 0.15) is 11.1 Å². The van der Waals surface area contributed by atoms with Crippen molar-refractivity contribution in [2.45, 2.75) is 13.3 Å². The quantitative estimate of drug-likeness (QED) is 0.588. The summed E-state index contributed by atoms with van der Waals surface area (Å²) in [5, 5.41) is 10.4. The second-order valence-electron chi connectivity index (χ2n) is 5.53. The Balaban J connectivity index is 1.64. The Labute approximate surface area is 143 Å². The summed E-state index contributed by atoms with van der Waals surface area (Å²) in [4.78, 5) is 10.2. The van der Waals surface area contributed by atoms with Crippen LogP contribution in [0.4, 0.5) is 5.82 Å². The average molecular weight is 336 g/mol. The van der Waals surface area contributed by atoms with Gasteiger partial charge < -0.3 is 9.84 Å². The summed E-state index contributed by atoms with van der Waals surface area (Å²) >= 11 is 1.62. The third-order valence-electron chi connectivity index (χ3n) is 3.82. The van der Waals surface area contributed by atoms with Crippen LogP contribution in [-0.4, -0.2) is 21.7 Å². The maximum Gasteiger partial charge on any atom is 0.204 e. The molecule has 0 aliphatic heterocycles. The SMILES string of the molecule is Cc1csc2nc(-c3ccno3)nc(NCCc3ccccc3)c12. The van der Waals surface area contributed by atoms with Gasteiger partial charge in [0.1, 0.15) is 10.6 Å². The van der Waals surface area contributed by atoms with Crippen LogP contribution >= 0.6 is 11.3 Å². The molecule has 1 aromatic carbocycles. The van der Waals surface area contributed by atoms with Crippen molar-refractivity contribution in [2.75, 3.05) is 11.9 Å². The van der Waals surface area contributed by atoms with Crippen molar-refractivity contribution < 1.29 is 4.52 Å². The van der Waals surface area contributed by atoms with E-state index in [0.717, 1.165) is 29.0 Å². The van der Waals surface area contributed by atoms with E-state index in [1.165, 1.54) is 11.1 Å². The van der Waals surface area contributed by atoms with Crippen molar-refractivity contribution >= 4 is 27.4 Å². The van der Waals surface area contributed by atoms with E-state index in [1.807, 2.05) is 6.07 Å². The summed E-state index contributed by atoms with van der Waals surface area (Å²) in [6.07, 6.45) is 2.54. The molecule has 0 unspecified atom stereocenters. The summed E-state index contributed by atoms with van der Waals surface area (Å²) in [5.41, 5.74) is 2.48. The lowest BCUT2D eigenvalue weighted by Gasteiger charge is -2.09. The fraction of sp³-hybridized carbons (Fsp3) is 0.167. The molecule has 0 radical (unpaired) electrons. The second kappa shape index (κ2) is 6.41. The molecule has 4 rings (SSSR count). The molecule has 0 saturated carbocycles. The molecule has 3 heterocycles. The molecule has 4 aromatic rings. The van der Waals surface area contributed by atoms with Crippen LogP contribution in [0.25, 0.3) is 21.8 Å². The van der Waals surface area contributed by atoms with E-state index >= 15 is 0 Å². The van der Waals surface area contributed by atoms with Gasteiger partial charge in [-0.2, -0.15) is 0 Å². The lowest BCUT2D eigenvalue weighted by molar-refractivity contribution is 0.430. The van der Waals surface area contributed by atoms with Crippen molar-refractivity contribution in [1.29, 1.82) is 0 Å². The van der Waals surface area contributed by atoms with Crippen LogP contribution in [0.2, 0.25) is 0 Å². The van der Waals surface area contributed by atoms with Crippen molar-refractivity contribution in [2.24, 2.45) is 0 Å². The van der Waals surface area contributed by atoms with Gasteiger partial charge in [-0.15, -0.1) is 11.3 Å². The first-order valence-electron chi connectivity index (χ1n) is 7.76. The molecule has 0 bridgehead atoms. The largest absolute Gasteiger partial charge is 0.369 e. The van der Waals surface area contributed by atoms with Gasteiger partial charge in [-0.05, 0) is 29.9 Å². The highest BCUT2D eigenvalue weighted by atomic mass is 32.1. The van der Waals surface area contributed by atoms with E-state index in [0.29, 0.717) is 11.6 Å². The molecule has 0 saturated heterocycles. The number of aromatic nitrogens is 3. The van der Waals surface area contributed by atoms with Gasteiger partial charge >= 0.3 is 0 Å². The van der Waals surface area contributed by atoms with Crippen LogP contribution in [0.3, 0.4) is 0 Å². The lowest BCUT2D eigenvalue weighted by atomic mass is 10.1. The average Bonchev–Trinajstić information content (AvgIpc) is 3.26. The first-order chi connectivity index (χ1) is 11.8. The highest BCUT2D eigenvalue weighted by Gasteiger charge is 2.14. The Kier molecular flexibility index (Phi) is 3.96. The molecule has 0 atom stereocenters. The topological polar surface area (TPSA) is 63.8 Å². The molecule has 0 aliphatic rings. The summed E-state index contributed by atoms with van der Waals surface area (Å²) < 4.78 is 5.21. The van der Waals surface area contributed by atoms with Crippen LogP contribution in [0.15, 0.2) is 52.5 Å². The van der Waals surface area contributed by atoms with Crippen molar-refractivity contribution in [3.63, 3.8) is 0 Å². The standard InChI is InChI=1S/C18H16N4OS/c1-12-11-24-18-15(12)17(19-9-7-13-5-3-2-4-6-13)21-16(22-18)14-8-10-20-23-14/h2-6,8,10-11H,7,9H2,1H3,(H,19,21,22). The maximum atomic E-state index is 5.21. The number of rotatable bonds is 5. The Bertz CT molecular complexity index is 948. The summed E-state index contributed by atoms with van der Waals surface area (Å²) in [7, 11) is 0. The summed E-state index contributed by atoms with van der Waals surface area (Å²) in [5.74, 6) is 1.99. The number of hydrogen-bond donors (Lipinski definition) is 1. The number of nitrogens with one attached hydrogen (secondary N) is 1. The van der Waals surface area contributed by atoms with E-state index in [4.69, 9.17) is 4.52 Å². The number of aryl methyl sites for hydroxylation is 1. The Morgan fingerprint density at radius 2 is 2.00 bits per heavy atom. The van der Waals surface area contributed by atoms with Crippen molar-refractivity contribution in [3.05, 3.63) is 59.1 Å². The van der Waals surface area contributed by atoms with E-state index in [-0.39, 0.29) is 0 Å². The molecule has 24 heavy (non-hydrogen) atoms. The molecule has 6 heteroatoms. The third kappa shape index (κ3) is 2.88. The molecular weight excluding hydrogens is 320 g/mol. The van der Waals surface area contributed by atoms with Gasteiger partial charge in [0.2, 0.25) is 11.6 Å². The summed E-state index contributed by atoms with van der Waals surface area (Å²) in [6.45, 7) is 2.89. The summed E-state index contributed by atoms with van der Waals surface area (Å²) in [6, 6.07) is 12.2. The predicted octanol–water partition coefficient (Wildman–Crippen LogP) is 4.31. The zero-order valence-electron chi connectivity index (χ0n) is 13.2. The first-order valence-corrected chi connectivity index (χ1v) is 8.64. The molecule has 5 nitrogen and oxygen atoms in total. The van der Waals surface area contributed by atoms with Crippen LogP contribution in [0.5, 0.6) is 0 Å². The van der Waals surface area contributed by atoms with Crippen LogP contribution in [-0.2, 0) is 6.42 Å². The van der Waals surface area contributed by atoms with Gasteiger partial charge in [0.05, 0.1) is 11.6 Å². The number of thiophene rings is 1. The van der Waals surface area contributed by atoms with Crippen molar-refractivity contribution in [1.82, 2.24) is 15.1 Å². The highest BCUT2D eigenvalue weighted by Crippen LogP contribution is 2.31. The monoisotopic (exact) mass is 336 g/mol. The van der Waals surface area contributed by atoms with E-state index in [9.17, 15) is 0 Å². The number of fused-ring (bicyclic) bond motifs is 1. The van der Waals surface area contributed by atoms with E-state index < -0.39 is 0 Å². The van der Waals surface area contributed by atoms with Crippen molar-refractivity contribution in [3.8, 4) is 11.6 Å². The Morgan fingerprint density at radius 1 is 1.12 bits per heavy atom. The lowest BCUT2D eigenvalue weighted by Crippen LogP contribution is -2.08. The number of anilines is 1. The van der Waals surface area contributed by atoms with E-state index in [2.05, 4.69) is 57.0 Å². The predicted molar refractivity (Wildman–Crippen MR) is 96.3 cm³/mol. The second-order valence-corrected chi connectivity index (χ2v) is 6.39. The number of nitrogens with zero attached hydrogens (tertiary/aromatic N) is 3. The normalized spacial score (nSPS) is 11.0. The van der Waals surface area contributed by atoms with Gasteiger partial charge in [0.15, 0.2) is 0 Å². The van der Waals surface area contributed by atoms with E-state index in [1.54, 1.807) is 23.6 Å². The molecular formula is C18H16N4OS. The molecule has 1 N–H and O–H groups in total. The first kappa shape index (κ1) is 14.8. The molecule has 120 valence electrons. The minimum Gasteiger partial charge on any atom is -0.369 e. The van der Waals surface area contributed by atoms with Crippen LogP contribution < -0.4 is 5.32 Å². The Morgan fingerprint density at radius 3 is 2.79 bits per heavy atom. The molecule has 0 fully saturated rings. The van der Waals surface area contributed by atoms with Crippen LogP contribution in [0, 0.1) is 6.92 Å². The van der Waals surface area contributed by atoms with Gasteiger partial charge in [0, 0.05) is 12.6 Å². The number of benzene rings is 1. The zero-order valence-corrected chi connectivity index (χ0v) is 14.0. The minimum atomic E-state index is 0.559. The minimum absolute atomic E-state index is 0.559. The fourth-order valence-corrected chi connectivity index (χ4v) is 3.54. The van der Waals surface area contributed by atoms with Gasteiger partial charge in [0.25, 0.3) is 0 Å². The highest BCUT2D eigenvalue weighted by molar-refractivity contribution is 7.17. The molecule has 0 spiro atoms. The number of hydrogen-bond acceptors (Lipinski definition) is 6. The fourth-order valence-electron chi connectivity index (χ4n) is 2.62. The van der Waals surface area contributed by atoms with Gasteiger partial charge in [-0.3, -0.25) is 0 Å². The third-order valence-corrected chi connectivity index (χ3v) is 4.81. The molecule has 3 aromatic heterocycles.